The number of hydrogen-bond donors (Lipinski definition) is 0. The topological polar surface area (TPSA) is 9.23 Å². The predicted molar refractivity (Wildman–Crippen MR) is 54.5 cm³/mol. The van der Waals surface area contributed by atoms with Crippen LogP contribution in [0.2, 0.25) is 0 Å². The average molecular weight is 195 g/mol. The van der Waals surface area contributed by atoms with Gasteiger partial charge in [0, 0.05) is 6.10 Å². The smallest absolute Gasteiger partial charge is 0.246 e. The molecule has 2 heteroatoms. The zero-order valence-electron chi connectivity index (χ0n) is 8.30. The molecule has 0 spiro atoms. The van der Waals surface area contributed by atoms with E-state index < -0.39 is 0 Å². The van der Waals surface area contributed by atoms with E-state index in [2.05, 4.69) is 10.5 Å². The summed E-state index contributed by atoms with van der Waals surface area (Å²) in [6, 6.07) is 0. The van der Waals surface area contributed by atoms with Crippen LogP contribution < -0.4 is 0 Å². The molecular weight excluding hydrogens is 176 g/mol. The molecule has 1 nitrogen and oxygen atoms in total. The van der Waals surface area contributed by atoms with Crippen molar-refractivity contribution in [2.45, 2.75) is 57.5 Å². The highest BCUT2D eigenvalue weighted by Crippen LogP contribution is 2.38. The summed E-state index contributed by atoms with van der Waals surface area (Å²) >= 11 is 0. The molecule has 73 valence electrons. The molecule has 0 unspecified atom stereocenters. The molecule has 0 atom stereocenters. The molecule has 2 aliphatic rings. The summed E-state index contributed by atoms with van der Waals surface area (Å²) in [6.07, 6.45) is 11.8. The first-order valence-electron chi connectivity index (χ1n) is 5.74. The second-order valence-corrected chi connectivity index (χ2v) is 4.91. The van der Waals surface area contributed by atoms with Gasteiger partial charge in [0.25, 0.3) is 0 Å². The van der Waals surface area contributed by atoms with Crippen LogP contribution in [0.5, 0.6) is 0 Å². The lowest BCUT2D eigenvalue weighted by Gasteiger charge is -2.27. The van der Waals surface area contributed by atoms with Gasteiger partial charge in [-0.15, -0.1) is 0 Å². The van der Waals surface area contributed by atoms with Gasteiger partial charge in [0.15, 0.2) is 0 Å². The van der Waals surface area contributed by atoms with Crippen molar-refractivity contribution in [3.8, 4) is 0 Å². The summed E-state index contributed by atoms with van der Waals surface area (Å²) < 4.78 is 5.52. The number of rotatable bonds is 3. The second-order valence-electron chi connectivity index (χ2n) is 4.67. The molecule has 0 aliphatic heterocycles. The van der Waals surface area contributed by atoms with E-state index in [4.69, 9.17) is 4.43 Å². The Morgan fingerprint density at radius 2 is 1.23 bits per heavy atom. The molecule has 0 heterocycles. The van der Waals surface area contributed by atoms with Gasteiger partial charge < -0.3 is 4.43 Å². The lowest BCUT2D eigenvalue weighted by atomic mass is 9.89. The first-order chi connectivity index (χ1) is 6.42. The fourth-order valence-electron chi connectivity index (χ4n) is 3.15. The van der Waals surface area contributed by atoms with Crippen molar-refractivity contribution >= 4 is 10.5 Å². The van der Waals surface area contributed by atoms with Crippen molar-refractivity contribution in [1.29, 1.82) is 0 Å². The fraction of sp³-hybridized carbons (Fsp3) is 1.00. The van der Waals surface area contributed by atoms with Crippen LogP contribution in [0.3, 0.4) is 0 Å². The third-order valence-electron chi connectivity index (χ3n) is 3.86. The summed E-state index contributed by atoms with van der Waals surface area (Å²) in [5, 5.41) is 0. The molecule has 0 amide bonds. The van der Waals surface area contributed by atoms with Crippen molar-refractivity contribution in [1.82, 2.24) is 0 Å². The molecule has 2 rings (SSSR count). The van der Waals surface area contributed by atoms with Crippen LogP contribution in [0.4, 0.5) is 0 Å². The van der Waals surface area contributed by atoms with Gasteiger partial charge >= 0.3 is 0 Å². The molecule has 2 fully saturated rings. The fourth-order valence-corrected chi connectivity index (χ4v) is 3.53. The molecule has 0 N–H and O–H groups in total. The zero-order chi connectivity index (χ0) is 9.10. The van der Waals surface area contributed by atoms with Crippen molar-refractivity contribution in [3.63, 3.8) is 0 Å². The minimum Gasteiger partial charge on any atom is -0.415 e. The zero-order valence-corrected chi connectivity index (χ0v) is 9.30. The van der Waals surface area contributed by atoms with E-state index in [1.54, 1.807) is 0 Å². The highest BCUT2D eigenvalue weighted by atomic mass is 28.2. The van der Waals surface area contributed by atoms with Crippen molar-refractivity contribution in [2.75, 3.05) is 0 Å². The largest absolute Gasteiger partial charge is 0.415 e. The van der Waals surface area contributed by atoms with Crippen LogP contribution in [0.1, 0.15) is 51.4 Å². The summed E-state index contributed by atoms with van der Waals surface area (Å²) in [4.78, 5) is 0. The normalized spacial score (nSPS) is 26.3. The lowest BCUT2D eigenvalue weighted by molar-refractivity contribution is 0.0886. The highest BCUT2D eigenvalue weighted by Gasteiger charge is 2.32. The minimum atomic E-state index is 0.515. The Labute approximate surface area is 84.8 Å². The molecule has 0 aromatic carbocycles. The Morgan fingerprint density at radius 1 is 0.846 bits per heavy atom. The van der Waals surface area contributed by atoms with Crippen LogP contribution in [0, 0.1) is 11.8 Å². The van der Waals surface area contributed by atoms with Gasteiger partial charge in [0.1, 0.15) is 0 Å². The summed E-state index contributed by atoms with van der Waals surface area (Å²) in [6.45, 7) is 0. The molecule has 0 saturated heterocycles. The highest BCUT2D eigenvalue weighted by molar-refractivity contribution is 5.98. The molecule has 3 radical (unpaired) electrons. The lowest BCUT2D eigenvalue weighted by Crippen LogP contribution is -2.28. The number of hydrogen-bond acceptors (Lipinski definition) is 1. The molecule has 2 aliphatic carbocycles. The molecule has 0 aromatic rings. The maximum absolute atomic E-state index is 5.52. The van der Waals surface area contributed by atoms with E-state index >= 15 is 0 Å². The standard InChI is InChI=1S/C11H19OSi/c13-12-11(9-5-1-2-6-9)10-7-3-4-8-10/h9-11H,1-8H2. The molecule has 0 bridgehead atoms. The maximum Gasteiger partial charge on any atom is 0.246 e. The van der Waals surface area contributed by atoms with Crippen LogP contribution in [0.25, 0.3) is 0 Å². The molecular formula is C11H19OSi. The van der Waals surface area contributed by atoms with E-state index in [1.807, 2.05) is 0 Å². The van der Waals surface area contributed by atoms with E-state index in [-0.39, 0.29) is 0 Å². The van der Waals surface area contributed by atoms with E-state index in [0.29, 0.717) is 6.10 Å². The van der Waals surface area contributed by atoms with Crippen molar-refractivity contribution < 1.29 is 4.43 Å². The first-order valence-corrected chi connectivity index (χ1v) is 6.15. The van der Waals surface area contributed by atoms with Gasteiger partial charge in [0.2, 0.25) is 10.5 Å². The van der Waals surface area contributed by atoms with Gasteiger partial charge in [-0.05, 0) is 37.5 Å². The van der Waals surface area contributed by atoms with Gasteiger partial charge in [-0.25, -0.2) is 0 Å². The minimum absolute atomic E-state index is 0.515. The third kappa shape index (κ3) is 2.16. The summed E-state index contributed by atoms with van der Waals surface area (Å²) in [5.41, 5.74) is 0. The second kappa shape index (κ2) is 4.60. The molecule has 0 aromatic heterocycles. The Balaban J connectivity index is 1.90. The van der Waals surface area contributed by atoms with Crippen LogP contribution in [0.15, 0.2) is 0 Å². The third-order valence-corrected chi connectivity index (χ3v) is 4.14. The SMILES string of the molecule is [Si]OC(C1CCCC1)C1CCCC1. The van der Waals surface area contributed by atoms with Gasteiger partial charge in [0.05, 0.1) is 0 Å². The Morgan fingerprint density at radius 3 is 1.54 bits per heavy atom. The average Bonchev–Trinajstić information content (AvgIpc) is 2.76. The van der Waals surface area contributed by atoms with E-state index in [1.165, 1.54) is 51.4 Å². The Bertz CT molecular complexity index is 132. The summed E-state index contributed by atoms with van der Waals surface area (Å²) in [7, 11) is 3.28. The Kier molecular flexibility index (Phi) is 3.44. The quantitative estimate of drug-likeness (QED) is 0.629. The van der Waals surface area contributed by atoms with Crippen LogP contribution >= 0.6 is 0 Å². The maximum atomic E-state index is 5.52. The molecule has 13 heavy (non-hydrogen) atoms. The predicted octanol–water partition coefficient (Wildman–Crippen LogP) is 2.84. The van der Waals surface area contributed by atoms with Crippen LogP contribution in [-0.2, 0) is 4.43 Å². The monoisotopic (exact) mass is 195 g/mol. The first kappa shape index (κ1) is 9.72. The Hall–Kier alpha value is 0.177. The van der Waals surface area contributed by atoms with Gasteiger partial charge in [-0.3, -0.25) is 0 Å². The molecule has 2 saturated carbocycles. The van der Waals surface area contributed by atoms with Gasteiger partial charge in [-0.1, -0.05) is 25.7 Å². The van der Waals surface area contributed by atoms with Crippen LogP contribution in [-0.4, -0.2) is 16.6 Å². The van der Waals surface area contributed by atoms with E-state index in [0.717, 1.165) is 11.8 Å². The van der Waals surface area contributed by atoms with Crippen molar-refractivity contribution in [2.24, 2.45) is 11.8 Å². The van der Waals surface area contributed by atoms with Gasteiger partial charge in [-0.2, -0.15) is 0 Å². The summed E-state index contributed by atoms with van der Waals surface area (Å²) in [5.74, 6) is 1.70. The van der Waals surface area contributed by atoms with Crippen molar-refractivity contribution in [3.05, 3.63) is 0 Å². The van der Waals surface area contributed by atoms with E-state index in [9.17, 15) is 0 Å².